The first-order valence-electron chi connectivity index (χ1n) is 5.74. The standard InChI is InChI=1S/C12H14N2O4/c1-8(15)13-18-7-11-10(9-5-6-9)3-2-4-12(11)14(16)17/h2-4,9H,5-7H2,1H3,(H,13,15). The van der Waals surface area contributed by atoms with Gasteiger partial charge in [0.05, 0.1) is 10.5 Å². The Morgan fingerprint density at radius 3 is 2.83 bits per heavy atom. The van der Waals surface area contributed by atoms with Gasteiger partial charge in [-0.3, -0.25) is 19.7 Å². The van der Waals surface area contributed by atoms with Gasteiger partial charge >= 0.3 is 0 Å². The summed E-state index contributed by atoms with van der Waals surface area (Å²) in [6.07, 6.45) is 2.10. The molecular weight excluding hydrogens is 236 g/mol. The van der Waals surface area contributed by atoms with Crippen molar-refractivity contribution >= 4 is 11.6 Å². The van der Waals surface area contributed by atoms with Gasteiger partial charge in [0, 0.05) is 13.0 Å². The molecule has 1 saturated carbocycles. The van der Waals surface area contributed by atoms with E-state index in [1.165, 1.54) is 13.0 Å². The Morgan fingerprint density at radius 2 is 2.28 bits per heavy atom. The topological polar surface area (TPSA) is 81.5 Å². The normalized spacial score (nSPS) is 14.3. The first-order chi connectivity index (χ1) is 8.59. The largest absolute Gasteiger partial charge is 0.275 e. The molecule has 96 valence electrons. The van der Waals surface area contributed by atoms with Crippen molar-refractivity contribution in [3.8, 4) is 0 Å². The maximum atomic E-state index is 11.0. The number of amides is 1. The number of nitro benzene ring substituents is 1. The Morgan fingerprint density at radius 1 is 1.56 bits per heavy atom. The summed E-state index contributed by atoms with van der Waals surface area (Å²) in [4.78, 5) is 26.3. The molecule has 2 rings (SSSR count). The SMILES string of the molecule is CC(=O)NOCc1c(C2CC2)cccc1[N+](=O)[O-]. The van der Waals surface area contributed by atoms with Crippen LogP contribution in [0, 0.1) is 10.1 Å². The summed E-state index contributed by atoms with van der Waals surface area (Å²) in [5.41, 5.74) is 3.74. The van der Waals surface area contributed by atoms with Gasteiger partial charge in [0.25, 0.3) is 5.69 Å². The third-order valence-electron chi connectivity index (χ3n) is 2.83. The number of nitrogens with one attached hydrogen (secondary N) is 1. The van der Waals surface area contributed by atoms with E-state index in [-0.39, 0.29) is 18.2 Å². The van der Waals surface area contributed by atoms with Gasteiger partial charge in [0.15, 0.2) is 0 Å². The van der Waals surface area contributed by atoms with E-state index in [0.717, 1.165) is 18.4 Å². The minimum atomic E-state index is -0.418. The number of nitro groups is 1. The van der Waals surface area contributed by atoms with Gasteiger partial charge in [-0.05, 0) is 24.3 Å². The van der Waals surface area contributed by atoms with Crippen LogP contribution in [0.4, 0.5) is 5.69 Å². The van der Waals surface area contributed by atoms with Gasteiger partial charge in [0.1, 0.15) is 6.61 Å². The lowest BCUT2D eigenvalue weighted by molar-refractivity contribution is -0.386. The van der Waals surface area contributed by atoms with Crippen molar-refractivity contribution in [3.63, 3.8) is 0 Å². The minimum Gasteiger partial charge on any atom is -0.273 e. The average Bonchev–Trinajstić information content (AvgIpc) is 3.12. The summed E-state index contributed by atoms with van der Waals surface area (Å²) in [5, 5.41) is 11.0. The molecule has 1 aliphatic rings. The number of hydroxylamine groups is 1. The van der Waals surface area contributed by atoms with Crippen LogP contribution in [0.3, 0.4) is 0 Å². The Kier molecular flexibility index (Phi) is 3.57. The molecule has 6 nitrogen and oxygen atoms in total. The number of rotatable bonds is 5. The van der Waals surface area contributed by atoms with E-state index in [1.54, 1.807) is 6.07 Å². The Bertz CT molecular complexity index is 483. The molecular formula is C12H14N2O4. The van der Waals surface area contributed by atoms with Gasteiger partial charge in [-0.1, -0.05) is 12.1 Å². The smallest absolute Gasteiger partial charge is 0.273 e. The zero-order valence-electron chi connectivity index (χ0n) is 10.0. The van der Waals surface area contributed by atoms with E-state index < -0.39 is 4.92 Å². The molecule has 6 heteroatoms. The fraction of sp³-hybridized carbons (Fsp3) is 0.417. The molecule has 18 heavy (non-hydrogen) atoms. The number of hydrogen-bond donors (Lipinski definition) is 1. The number of hydrogen-bond acceptors (Lipinski definition) is 4. The summed E-state index contributed by atoms with van der Waals surface area (Å²) in [6, 6.07) is 5.03. The second-order valence-electron chi connectivity index (χ2n) is 4.32. The summed E-state index contributed by atoms with van der Waals surface area (Å²) >= 11 is 0. The summed E-state index contributed by atoms with van der Waals surface area (Å²) in [6.45, 7) is 1.34. The van der Waals surface area contributed by atoms with Gasteiger partial charge in [-0.2, -0.15) is 0 Å². The molecule has 1 aliphatic carbocycles. The van der Waals surface area contributed by atoms with Crippen LogP contribution in [0.25, 0.3) is 0 Å². The predicted molar refractivity (Wildman–Crippen MR) is 63.7 cm³/mol. The van der Waals surface area contributed by atoms with Gasteiger partial charge in [-0.15, -0.1) is 0 Å². The number of nitrogens with zero attached hydrogens (tertiary/aromatic N) is 1. The van der Waals surface area contributed by atoms with Gasteiger partial charge in [-0.25, -0.2) is 5.48 Å². The van der Waals surface area contributed by atoms with E-state index in [9.17, 15) is 14.9 Å². The van der Waals surface area contributed by atoms with Gasteiger partial charge < -0.3 is 0 Å². The van der Waals surface area contributed by atoms with E-state index in [1.807, 2.05) is 6.07 Å². The molecule has 0 heterocycles. The Labute approximate surface area is 104 Å². The molecule has 0 spiro atoms. The van der Waals surface area contributed by atoms with E-state index >= 15 is 0 Å². The molecule has 1 aromatic carbocycles. The second-order valence-corrected chi connectivity index (χ2v) is 4.32. The zero-order chi connectivity index (χ0) is 13.1. The third-order valence-corrected chi connectivity index (χ3v) is 2.83. The maximum absolute atomic E-state index is 11.0. The van der Waals surface area contributed by atoms with Crippen LogP contribution < -0.4 is 5.48 Å². The van der Waals surface area contributed by atoms with Crippen molar-refractivity contribution in [2.24, 2.45) is 0 Å². The Balaban J connectivity index is 2.22. The van der Waals surface area contributed by atoms with Gasteiger partial charge in [0.2, 0.25) is 5.91 Å². The fourth-order valence-corrected chi connectivity index (χ4v) is 1.91. The maximum Gasteiger partial charge on any atom is 0.275 e. The highest BCUT2D eigenvalue weighted by molar-refractivity contribution is 5.71. The molecule has 0 unspecified atom stereocenters. The van der Waals surface area contributed by atoms with Crippen LogP contribution in [-0.2, 0) is 16.2 Å². The lowest BCUT2D eigenvalue weighted by atomic mass is 10.0. The number of carbonyl (C=O) groups excluding carboxylic acids is 1. The lowest BCUT2D eigenvalue weighted by Gasteiger charge is -2.09. The quantitative estimate of drug-likeness (QED) is 0.640. The van der Waals surface area contributed by atoms with E-state index in [0.29, 0.717) is 11.5 Å². The molecule has 0 bridgehead atoms. The zero-order valence-corrected chi connectivity index (χ0v) is 10.0. The van der Waals surface area contributed by atoms with Crippen LogP contribution in [0.2, 0.25) is 0 Å². The molecule has 0 atom stereocenters. The summed E-state index contributed by atoms with van der Waals surface area (Å²) in [7, 11) is 0. The van der Waals surface area contributed by atoms with Crippen molar-refractivity contribution in [1.82, 2.24) is 5.48 Å². The average molecular weight is 250 g/mol. The van der Waals surface area contributed by atoms with Crippen LogP contribution in [0.1, 0.15) is 36.8 Å². The number of benzene rings is 1. The number of carbonyl (C=O) groups is 1. The first-order valence-corrected chi connectivity index (χ1v) is 5.74. The summed E-state index contributed by atoms with van der Waals surface area (Å²) in [5.74, 6) is 0.0578. The molecule has 0 aromatic heterocycles. The fourth-order valence-electron chi connectivity index (χ4n) is 1.91. The summed E-state index contributed by atoms with van der Waals surface area (Å²) < 4.78 is 0. The highest BCUT2D eigenvalue weighted by atomic mass is 16.7. The van der Waals surface area contributed by atoms with Crippen LogP contribution in [0.15, 0.2) is 18.2 Å². The predicted octanol–water partition coefficient (Wildman–Crippen LogP) is 2.04. The highest BCUT2D eigenvalue weighted by Crippen LogP contribution is 2.43. The van der Waals surface area contributed by atoms with Crippen LogP contribution >= 0.6 is 0 Å². The lowest BCUT2D eigenvalue weighted by Crippen LogP contribution is -2.20. The molecule has 0 saturated heterocycles. The molecule has 1 aromatic rings. The monoisotopic (exact) mass is 250 g/mol. The molecule has 1 fully saturated rings. The highest BCUT2D eigenvalue weighted by Gasteiger charge is 2.29. The van der Waals surface area contributed by atoms with Crippen LogP contribution in [-0.4, -0.2) is 10.8 Å². The molecule has 1 amide bonds. The van der Waals surface area contributed by atoms with Crippen molar-refractivity contribution in [2.45, 2.75) is 32.3 Å². The van der Waals surface area contributed by atoms with Crippen molar-refractivity contribution in [1.29, 1.82) is 0 Å². The minimum absolute atomic E-state index is 0.0164. The first kappa shape index (κ1) is 12.5. The molecule has 1 N–H and O–H groups in total. The van der Waals surface area contributed by atoms with E-state index in [2.05, 4.69) is 5.48 Å². The Hall–Kier alpha value is -1.95. The molecule has 0 aliphatic heterocycles. The second kappa shape index (κ2) is 5.14. The van der Waals surface area contributed by atoms with Crippen molar-refractivity contribution < 1.29 is 14.6 Å². The van der Waals surface area contributed by atoms with Crippen LogP contribution in [0.5, 0.6) is 0 Å². The van der Waals surface area contributed by atoms with E-state index in [4.69, 9.17) is 4.84 Å². The molecule has 0 radical (unpaired) electrons. The van der Waals surface area contributed by atoms with Crippen molar-refractivity contribution in [3.05, 3.63) is 39.4 Å². The van der Waals surface area contributed by atoms with Crippen molar-refractivity contribution in [2.75, 3.05) is 0 Å². The third kappa shape index (κ3) is 2.84.